The molecule has 2 atom stereocenters. The van der Waals surface area contributed by atoms with Crippen LogP contribution >= 0.6 is 0 Å². The molecule has 0 heterocycles. The molecule has 2 unspecified atom stereocenters. The number of carbonyl (C=O) groups excluding carboxylic acids is 2. The zero-order valence-corrected chi connectivity index (χ0v) is 10.8. The Morgan fingerprint density at radius 2 is 1.29 bits per heavy atom. The first kappa shape index (κ1) is 16.2. The van der Waals surface area contributed by atoms with Crippen LogP contribution in [0.3, 0.4) is 0 Å². The minimum absolute atomic E-state index is 0.0552. The smallest absolute Gasteiger partial charge is 0.175 e. The molecule has 0 amide bonds. The van der Waals surface area contributed by atoms with Crippen molar-refractivity contribution in [2.45, 2.75) is 51.7 Å². The molecule has 0 radical (unpaired) electrons. The SMILES string of the molecule is CCCC(OC(CCC)C(=O)CN)C(=O)CN. The second kappa shape index (κ2) is 9.27. The zero-order valence-electron chi connectivity index (χ0n) is 10.8. The quantitative estimate of drug-likeness (QED) is 0.580. The van der Waals surface area contributed by atoms with Gasteiger partial charge in [-0.05, 0) is 12.8 Å². The highest BCUT2D eigenvalue weighted by molar-refractivity contribution is 5.87. The number of rotatable bonds is 10. The summed E-state index contributed by atoms with van der Waals surface area (Å²) in [6.07, 6.45) is 1.66. The van der Waals surface area contributed by atoms with E-state index in [4.69, 9.17) is 16.2 Å². The van der Waals surface area contributed by atoms with E-state index in [9.17, 15) is 9.59 Å². The highest BCUT2D eigenvalue weighted by Crippen LogP contribution is 2.11. The average molecular weight is 244 g/mol. The maximum atomic E-state index is 11.6. The van der Waals surface area contributed by atoms with Crippen LogP contribution in [0.25, 0.3) is 0 Å². The molecule has 0 aliphatic rings. The summed E-state index contributed by atoms with van der Waals surface area (Å²) in [6.45, 7) is 3.81. The van der Waals surface area contributed by atoms with Gasteiger partial charge in [0.05, 0.1) is 13.1 Å². The Hall–Kier alpha value is -0.780. The van der Waals surface area contributed by atoms with Crippen LogP contribution in [0, 0.1) is 0 Å². The molecule has 0 aromatic carbocycles. The third-order valence-corrected chi connectivity index (χ3v) is 2.55. The third-order valence-electron chi connectivity index (χ3n) is 2.55. The van der Waals surface area contributed by atoms with E-state index < -0.39 is 12.2 Å². The predicted octanol–water partition coefficient (Wildman–Crippen LogP) is 0.396. The van der Waals surface area contributed by atoms with Crippen LogP contribution in [-0.2, 0) is 14.3 Å². The summed E-state index contributed by atoms with van der Waals surface area (Å²) in [4.78, 5) is 23.1. The number of Topliss-reactive ketones (excluding diaryl/α,β-unsaturated/α-hetero) is 2. The van der Waals surface area contributed by atoms with Gasteiger partial charge in [-0.25, -0.2) is 0 Å². The zero-order chi connectivity index (χ0) is 13.3. The molecule has 5 nitrogen and oxygen atoms in total. The van der Waals surface area contributed by atoms with Gasteiger partial charge < -0.3 is 16.2 Å². The van der Waals surface area contributed by atoms with Gasteiger partial charge in [-0.2, -0.15) is 0 Å². The molecule has 100 valence electrons. The van der Waals surface area contributed by atoms with Crippen LogP contribution in [-0.4, -0.2) is 36.9 Å². The number of hydrogen-bond acceptors (Lipinski definition) is 5. The first-order valence-corrected chi connectivity index (χ1v) is 6.21. The molecular formula is C12H24N2O3. The summed E-state index contributed by atoms with van der Waals surface area (Å²) >= 11 is 0. The molecule has 0 saturated carbocycles. The van der Waals surface area contributed by atoms with Crippen LogP contribution in [0.15, 0.2) is 0 Å². The van der Waals surface area contributed by atoms with Crippen molar-refractivity contribution in [3.63, 3.8) is 0 Å². The van der Waals surface area contributed by atoms with Crippen LogP contribution in [0.5, 0.6) is 0 Å². The van der Waals surface area contributed by atoms with Crippen molar-refractivity contribution in [3.05, 3.63) is 0 Å². The molecule has 0 rings (SSSR count). The van der Waals surface area contributed by atoms with E-state index in [-0.39, 0.29) is 24.7 Å². The number of ether oxygens (including phenoxy) is 1. The van der Waals surface area contributed by atoms with Crippen LogP contribution in [0.1, 0.15) is 39.5 Å². The van der Waals surface area contributed by atoms with Crippen LogP contribution in [0.4, 0.5) is 0 Å². The fraction of sp³-hybridized carbons (Fsp3) is 0.833. The Balaban J connectivity index is 4.54. The molecule has 17 heavy (non-hydrogen) atoms. The number of carbonyl (C=O) groups is 2. The average Bonchev–Trinajstić information content (AvgIpc) is 2.35. The maximum absolute atomic E-state index is 11.6. The topological polar surface area (TPSA) is 95.4 Å². The van der Waals surface area contributed by atoms with Gasteiger partial charge in [-0.15, -0.1) is 0 Å². The van der Waals surface area contributed by atoms with Gasteiger partial charge in [0, 0.05) is 0 Å². The first-order chi connectivity index (χ1) is 8.10. The second-order valence-corrected chi connectivity index (χ2v) is 4.03. The highest BCUT2D eigenvalue weighted by Gasteiger charge is 2.25. The molecule has 4 N–H and O–H groups in total. The van der Waals surface area contributed by atoms with Gasteiger partial charge in [0.15, 0.2) is 11.6 Å². The van der Waals surface area contributed by atoms with E-state index >= 15 is 0 Å². The lowest BCUT2D eigenvalue weighted by atomic mass is 10.1. The molecule has 0 aliphatic carbocycles. The molecular weight excluding hydrogens is 220 g/mol. The van der Waals surface area contributed by atoms with Gasteiger partial charge in [-0.3, -0.25) is 9.59 Å². The van der Waals surface area contributed by atoms with E-state index in [1.54, 1.807) is 0 Å². The normalized spacial score (nSPS) is 14.4. The van der Waals surface area contributed by atoms with Crippen molar-refractivity contribution in [2.24, 2.45) is 11.5 Å². The number of nitrogens with two attached hydrogens (primary N) is 2. The largest absolute Gasteiger partial charge is 0.359 e. The van der Waals surface area contributed by atoms with E-state index in [0.717, 1.165) is 12.8 Å². The lowest BCUT2D eigenvalue weighted by molar-refractivity contribution is -0.143. The van der Waals surface area contributed by atoms with Gasteiger partial charge in [-0.1, -0.05) is 26.7 Å². The Morgan fingerprint density at radius 3 is 1.53 bits per heavy atom. The van der Waals surface area contributed by atoms with E-state index in [0.29, 0.717) is 12.8 Å². The molecule has 5 heteroatoms. The Bertz CT molecular complexity index is 220. The van der Waals surface area contributed by atoms with E-state index in [2.05, 4.69) is 0 Å². The summed E-state index contributed by atoms with van der Waals surface area (Å²) < 4.78 is 5.58. The first-order valence-electron chi connectivity index (χ1n) is 6.21. The lowest BCUT2D eigenvalue weighted by Gasteiger charge is -2.22. The van der Waals surface area contributed by atoms with Gasteiger partial charge in [0.2, 0.25) is 0 Å². The molecule has 0 aromatic rings. The Labute approximate surface area is 103 Å². The monoisotopic (exact) mass is 244 g/mol. The fourth-order valence-electron chi connectivity index (χ4n) is 1.60. The number of ketones is 2. The summed E-state index contributed by atoms with van der Waals surface area (Å²) in [5.41, 5.74) is 10.6. The van der Waals surface area contributed by atoms with E-state index in [1.807, 2.05) is 13.8 Å². The second-order valence-electron chi connectivity index (χ2n) is 4.03. The summed E-state index contributed by atoms with van der Waals surface area (Å²) in [7, 11) is 0. The van der Waals surface area contributed by atoms with Gasteiger partial charge in [0.25, 0.3) is 0 Å². The van der Waals surface area contributed by atoms with Crippen molar-refractivity contribution < 1.29 is 14.3 Å². The molecule has 0 saturated heterocycles. The third kappa shape index (κ3) is 5.91. The Kier molecular flexibility index (Phi) is 8.85. The van der Waals surface area contributed by atoms with Crippen molar-refractivity contribution in [1.82, 2.24) is 0 Å². The molecule has 0 spiro atoms. The minimum atomic E-state index is -0.572. The van der Waals surface area contributed by atoms with E-state index in [1.165, 1.54) is 0 Å². The van der Waals surface area contributed by atoms with Crippen molar-refractivity contribution in [2.75, 3.05) is 13.1 Å². The molecule has 0 fully saturated rings. The van der Waals surface area contributed by atoms with Crippen molar-refractivity contribution in [1.29, 1.82) is 0 Å². The maximum Gasteiger partial charge on any atom is 0.175 e. The van der Waals surface area contributed by atoms with Crippen molar-refractivity contribution >= 4 is 11.6 Å². The fourth-order valence-corrected chi connectivity index (χ4v) is 1.60. The number of hydrogen-bond donors (Lipinski definition) is 2. The minimum Gasteiger partial charge on any atom is -0.359 e. The highest BCUT2D eigenvalue weighted by atomic mass is 16.5. The molecule has 0 aromatic heterocycles. The standard InChI is InChI=1S/C12H24N2O3/c1-3-5-11(9(15)7-13)17-12(6-4-2)10(16)8-14/h11-12H,3-8,13-14H2,1-2H3. The Morgan fingerprint density at radius 1 is 0.941 bits per heavy atom. The van der Waals surface area contributed by atoms with Crippen molar-refractivity contribution in [3.8, 4) is 0 Å². The molecule has 0 bridgehead atoms. The summed E-state index contributed by atoms with van der Waals surface area (Å²) in [5, 5.41) is 0. The van der Waals surface area contributed by atoms with Crippen LogP contribution in [0.2, 0.25) is 0 Å². The summed E-state index contributed by atoms with van der Waals surface area (Å²) in [6, 6.07) is 0. The lowest BCUT2D eigenvalue weighted by Crippen LogP contribution is -2.39. The summed E-state index contributed by atoms with van der Waals surface area (Å²) in [5.74, 6) is -0.310. The van der Waals surface area contributed by atoms with Gasteiger partial charge in [0.1, 0.15) is 12.2 Å². The van der Waals surface area contributed by atoms with Gasteiger partial charge >= 0.3 is 0 Å². The van der Waals surface area contributed by atoms with Crippen LogP contribution < -0.4 is 11.5 Å². The predicted molar refractivity (Wildman–Crippen MR) is 66.6 cm³/mol. The molecule has 0 aliphatic heterocycles.